The molecule has 6 heteroatoms. The summed E-state index contributed by atoms with van der Waals surface area (Å²) >= 11 is 12.2. The number of fused-ring (bicyclic) bond motifs is 1. The topological polar surface area (TPSA) is 32.7 Å². The number of halogens is 3. The fraction of sp³-hybridized carbons (Fsp3) is 0.125. The Kier molecular flexibility index (Phi) is 3.89. The maximum absolute atomic E-state index is 14.2. The fourth-order valence-corrected chi connectivity index (χ4v) is 2.76. The number of benzene rings is 2. The number of rotatable bonds is 1. The van der Waals surface area contributed by atoms with E-state index in [0.29, 0.717) is 32.6 Å². The molecule has 0 saturated heterocycles. The Bertz CT molecular complexity index is 791. The molecule has 1 unspecified atom stereocenters. The second-order valence-electron chi connectivity index (χ2n) is 4.85. The molecule has 22 heavy (non-hydrogen) atoms. The fourth-order valence-electron chi connectivity index (χ4n) is 2.37. The Morgan fingerprint density at radius 3 is 2.59 bits per heavy atom. The van der Waals surface area contributed by atoms with Gasteiger partial charge in [0.25, 0.3) is 12.2 Å². The van der Waals surface area contributed by atoms with E-state index in [2.05, 4.69) is 4.99 Å². The minimum atomic E-state index is -1.98. The van der Waals surface area contributed by atoms with Gasteiger partial charge < -0.3 is 4.90 Å². The smallest absolute Gasteiger partial charge is 0.284 e. The maximum atomic E-state index is 14.2. The van der Waals surface area contributed by atoms with Gasteiger partial charge in [-0.25, -0.2) is 9.38 Å². The van der Waals surface area contributed by atoms with Crippen LogP contribution < -0.4 is 4.90 Å². The van der Waals surface area contributed by atoms with E-state index in [1.165, 1.54) is 11.9 Å². The highest BCUT2D eigenvalue weighted by Crippen LogP contribution is 2.32. The molecule has 1 aliphatic rings. The number of amides is 1. The van der Waals surface area contributed by atoms with Crippen LogP contribution in [0, 0.1) is 0 Å². The average Bonchev–Trinajstić information content (AvgIpc) is 2.59. The number of carbonyl (C=O) groups is 1. The van der Waals surface area contributed by atoms with Gasteiger partial charge in [0, 0.05) is 28.2 Å². The lowest BCUT2D eigenvalue weighted by molar-refractivity contribution is -0.122. The van der Waals surface area contributed by atoms with E-state index in [1.54, 1.807) is 42.5 Å². The number of carbonyl (C=O) groups excluding carboxylic acids is 1. The lowest BCUT2D eigenvalue weighted by atomic mass is 10.0. The van der Waals surface area contributed by atoms with E-state index >= 15 is 0 Å². The van der Waals surface area contributed by atoms with Gasteiger partial charge >= 0.3 is 0 Å². The van der Waals surface area contributed by atoms with Gasteiger partial charge in [-0.15, -0.1) is 0 Å². The molecule has 1 amide bonds. The molecule has 3 rings (SSSR count). The van der Waals surface area contributed by atoms with Crippen LogP contribution in [-0.2, 0) is 4.79 Å². The molecule has 0 saturated carbocycles. The average molecular weight is 337 g/mol. The van der Waals surface area contributed by atoms with Gasteiger partial charge in [-0.1, -0.05) is 41.4 Å². The number of benzodiazepines with no additional fused rings is 1. The number of nitrogens with zero attached hydrogens (tertiary/aromatic N) is 2. The quantitative estimate of drug-likeness (QED) is 0.721. The maximum Gasteiger partial charge on any atom is 0.284 e. The number of hydrogen-bond acceptors (Lipinski definition) is 2. The third kappa shape index (κ3) is 2.49. The van der Waals surface area contributed by atoms with Gasteiger partial charge in [0.15, 0.2) is 0 Å². The zero-order chi connectivity index (χ0) is 15.9. The van der Waals surface area contributed by atoms with Gasteiger partial charge in [0.2, 0.25) is 0 Å². The second kappa shape index (κ2) is 5.71. The summed E-state index contributed by atoms with van der Waals surface area (Å²) in [5.41, 5.74) is 2.01. The van der Waals surface area contributed by atoms with Crippen molar-refractivity contribution >= 4 is 40.5 Å². The van der Waals surface area contributed by atoms with Crippen molar-refractivity contribution in [3.8, 4) is 0 Å². The van der Waals surface area contributed by atoms with Crippen LogP contribution in [-0.4, -0.2) is 25.0 Å². The molecule has 0 radical (unpaired) electrons. The molecular weight excluding hydrogens is 326 g/mol. The van der Waals surface area contributed by atoms with Gasteiger partial charge in [0.1, 0.15) is 0 Å². The van der Waals surface area contributed by atoms with E-state index < -0.39 is 12.2 Å². The highest BCUT2D eigenvalue weighted by molar-refractivity contribution is 6.36. The van der Waals surface area contributed by atoms with E-state index in [-0.39, 0.29) is 0 Å². The van der Waals surface area contributed by atoms with Crippen molar-refractivity contribution < 1.29 is 9.18 Å². The minimum absolute atomic E-state index is 0.336. The Morgan fingerprint density at radius 2 is 1.86 bits per heavy atom. The molecular formula is C16H11Cl2FN2O. The van der Waals surface area contributed by atoms with Crippen molar-refractivity contribution in [3.05, 3.63) is 63.6 Å². The van der Waals surface area contributed by atoms with Crippen LogP contribution >= 0.6 is 23.2 Å². The molecule has 0 aliphatic carbocycles. The van der Waals surface area contributed by atoms with Crippen molar-refractivity contribution in [1.29, 1.82) is 0 Å². The predicted molar refractivity (Wildman–Crippen MR) is 86.8 cm³/mol. The van der Waals surface area contributed by atoms with Crippen molar-refractivity contribution in [3.63, 3.8) is 0 Å². The van der Waals surface area contributed by atoms with E-state index in [0.717, 1.165) is 0 Å². The summed E-state index contributed by atoms with van der Waals surface area (Å²) in [6, 6.07) is 12.0. The first-order valence-electron chi connectivity index (χ1n) is 6.53. The SMILES string of the molecule is CN1C(=O)C(F)N=C(c2ccccc2Cl)c2ccc(Cl)cc21. The first-order valence-corrected chi connectivity index (χ1v) is 7.29. The predicted octanol–water partition coefficient (Wildman–Crippen LogP) is 4.10. The third-order valence-corrected chi connectivity index (χ3v) is 4.05. The molecule has 1 aliphatic heterocycles. The van der Waals surface area contributed by atoms with Crippen molar-refractivity contribution in [2.75, 3.05) is 11.9 Å². The van der Waals surface area contributed by atoms with Crippen LogP contribution in [0.5, 0.6) is 0 Å². The Morgan fingerprint density at radius 1 is 1.14 bits per heavy atom. The summed E-state index contributed by atoms with van der Waals surface area (Å²) in [6.45, 7) is 0. The second-order valence-corrected chi connectivity index (χ2v) is 5.70. The highest BCUT2D eigenvalue weighted by Gasteiger charge is 2.30. The molecule has 0 aromatic heterocycles. The van der Waals surface area contributed by atoms with Crippen molar-refractivity contribution in [2.45, 2.75) is 6.30 Å². The summed E-state index contributed by atoms with van der Waals surface area (Å²) in [5, 5.41) is 0.889. The van der Waals surface area contributed by atoms with Crippen LogP contribution in [0.4, 0.5) is 10.1 Å². The molecule has 2 aromatic carbocycles. The zero-order valence-electron chi connectivity index (χ0n) is 11.6. The standard InChI is InChI=1S/C16H11Cl2FN2O/c1-21-13-8-9(17)6-7-11(13)14(20-15(19)16(21)22)10-4-2-3-5-12(10)18/h2-8,15H,1H3. The molecule has 0 fully saturated rings. The van der Waals surface area contributed by atoms with E-state index in [4.69, 9.17) is 23.2 Å². The molecule has 0 bridgehead atoms. The number of hydrogen-bond donors (Lipinski definition) is 0. The lowest BCUT2D eigenvalue weighted by Crippen LogP contribution is -2.32. The number of anilines is 1. The summed E-state index contributed by atoms with van der Waals surface area (Å²) in [5.74, 6) is -0.745. The first-order chi connectivity index (χ1) is 10.5. The number of aliphatic imine (C=N–C) groups is 1. The van der Waals surface area contributed by atoms with E-state index in [1.807, 2.05) is 0 Å². The van der Waals surface area contributed by atoms with Crippen LogP contribution in [0.3, 0.4) is 0 Å². The molecule has 1 atom stereocenters. The molecule has 3 nitrogen and oxygen atoms in total. The Hall–Kier alpha value is -1.91. The van der Waals surface area contributed by atoms with Crippen LogP contribution in [0.1, 0.15) is 11.1 Å². The molecule has 0 spiro atoms. The van der Waals surface area contributed by atoms with Crippen molar-refractivity contribution in [2.24, 2.45) is 4.99 Å². The van der Waals surface area contributed by atoms with Crippen molar-refractivity contribution in [1.82, 2.24) is 0 Å². The van der Waals surface area contributed by atoms with Gasteiger partial charge in [0.05, 0.1) is 11.4 Å². The Balaban J connectivity index is 2.29. The minimum Gasteiger partial charge on any atom is -0.310 e. The lowest BCUT2D eigenvalue weighted by Gasteiger charge is -2.18. The van der Waals surface area contributed by atoms with Gasteiger partial charge in [-0.2, -0.15) is 0 Å². The largest absolute Gasteiger partial charge is 0.310 e. The monoisotopic (exact) mass is 336 g/mol. The molecule has 0 N–H and O–H groups in total. The van der Waals surface area contributed by atoms with E-state index in [9.17, 15) is 9.18 Å². The molecule has 2 aromatic rings. The van der Waals surface area contributed by atoms with Crippen LogP contribution in [0.15, 0.2) is 47.5 Å². The number of alkyl halides is 1. The highest BCUT2D eigenvalue weighted by atomic mass is 35.5. The Labute approximate surface area is 137 Å². The summed E-state index contributed by atoms with van der Waals surface area (Å²) in [4.78, 5) is 17.2. The molecule has 1 heterocycles. The summed E-state index contributed by atoms with van der Waals surface area (Å²) in [6.07, 6.45) is -1.98. The normalized spacial score (nSPS) is 17.8. The van der Waals surface area contributed by atoms with Crippen LogP contribution in [0.25, 0.3) is 0 Å². The van der Waals surface area contributed by atoms with Gasteiger partial charge in [-0.3, -0.25) is 4.79 Å². The summed E-state index contributed by atoms with van der Waals surface area (Å²) < 4.78 is 14.2. The first kappa shape index (κ1) is 15.0. The molecule has 112 valence electrons. The van der Waals surface area contributed by atoms with Crippen LogP contribution in [0.2, 0.25) is 10.0 Å². The zero-order valence-corrected chi connectivity index (χ0v) is 13.1. The van der Waals surface area contributed by atoms with Gasteiger partial charge in [-0.05, 0) is 24.3 Å². The number of likely N-dealkylation sites (N-methyl/N-ethyl adjacent to an activating group) is 1. The summed E-state index contributed by atoms with van der Waals surface area (Å²) in [7, 11) is 1.50. The third-order valence-electron chi connectivity index (χ3n) is 3.48.